The predicted molar refractivity (Wildman–Crippen MR) is 79.2 cm³/mol. The quantitative estimate of drug-likeness (QED) is 0.562. The Bertz CT molecular complexity index is 361. The van der Waals surface area contributed by atoms with Crippen molar-refractivity contribution in [2.75, 3.05) is 0 Å². The van der Waals surface area contributed by atoms with Crippen LogP contribution in [-0.4, -0.2) is 20.2 Å². The van der Waals surface area contributed by atoms with Crippen molar-refractivity contribution in [1.29, 1.82) is 0 Å². The molecule has 2 nitrogen and oxygen atoms in total. The molecule has 0 fully saturated rings. The minimum absolute atomic E-state index is 0.110. The Labute approximate surface area is 112 Å². The molecule has 0 unspecified atom stereocenters. The van der Waals surface area contributed by atoms with Crippen LogP contribution in [0.1, 0.15) is 40.0 Å². The van der Waals surface area contributed by atoms with E-state index in [0.29, 0.717) is 12.8 Å². The number of carbonyl (C=O) groups excluding carboxylic acids is 1. The van der Waals surface area contributed by atoms with E-state index in [4.69, 9.17) is 4.43 Å². The summed E-state index contributed by atoms with van der Waals surface area (Å²) in [5.74, 6) is 0.255. The maximum Gasteiger partial charge on any atom is 0.192 e. The summed E-state index contributed by atoms with van der Waals surface area (Å²) >= 11 is 0. The molecule has 0 N–H and O–H groups in total. The van der Waals surface area contributed by atoms with E-state index in [9.17, 15) is 4.79 Å². The van der Waals surface area contributed by atoms with Gasteiger partial charge in [0.15, 0.2) is 14.1 Å². The summed E-state index contributed by atoms with van der Waals surface area (Å²) in [6.07, 6.45) is 6.02. The Morgan fingerprint density at radius 2 is 2.11 bits per heavy atom. The topological polar surface area (TPSA) is 26.3 Å². The maximum absolute atomic E-state index is 11.7. The Balaban J connectivity index is 2.80. The van der Waals surface area contributed by atoms with Gasteiger partial charge < -0.3 is 4.43 Å². The lowest BCUT2D eigenvalue weighted by Crippen LogP contribution is -2.44. The van der Waals surface area contributed by atoms with Crippen LogP contribution in [0.25, 0.3) is 0 Å². The fraction of sp³-hybridized carbons (Fsp3) is 0.667. The minimum atomic E-state index is -1.75. The van der Waals surface area contributed by atoms with Crippen LogP contribution in [0.4, 0.5) is 0 Å². The molecular weight excluding hydrogens is 240 g/mol. The Kier molecular flexibility index (Phi) is 4.73. The van der Waals surface area contributed by atoms with Crippen molar-refractivity contribution in [3.8, 4) is 0 Å². The van der Waals surface area contributed by atoms with Crippen LogP contribution in [0.2, 0.25) is 18.1 Å². The Morgan fingerprint density at radius 3 is 2.61 bits per heavy atom. The third-order valence-corrected chi connectivity index (χ3v) is 8.52. The lowest BCUT2D eigenvalue weighted by molar-refractivity contribution is -0.116. The predicted octanol–water partition coefficient (Wildman–Crippen LogP) is 4.24. The van der Waals surface area contributed by atoms with Crippen LogP contribution in [0, 0.1) is 0 Å². The fourth-order valence-corrected chi connectivity index (χ4v) is 3.12. The van der Waals surface area contributed by atoms with E-state index in [-0.39, 0.29) is 16.9 Å². The van der Waals surface area contributed by atoms with Gasteiger partial charge in [0.05, 0.1) is 6.10 Å². The second-order valence-electron chi connectivity index (χ2n) is 6.56. The zero-order chi connectivity index (χ0) is 14.0. The molecule has 0 aliphatic heterocycles. The first kappa shape index (κ1) is 15.4. The van der Waals surface area contributed by atoms with Gasteiger partial charge in [-0.25, -0.2) is 0 Å². The monoisotopic (exact) mass is 266 g/mol. The lowest BCUT2D eigenvalue weighted by Gasteiger charge is -2.39. The summed E-state index contributed by atoms with van der Waals surface area (Å²) in [5.41, 5.74) is 0.875. The van der Waals surface area contributed by atoms with Gasteiger partial charge in [0.25, 0.3) is 0 Å². The molecule has 0 amide bonds. The van der Waals surface area contributed by atoms with E-state index >= 15 is 0 Å². The van der Waals surface area contributed by atoms with E-state index in [2.05, 4.69) is 40.4 Å². The highest BCUT2D eigenvalue weighted by Gasteiger charge is 2.39. The molecule has 1 rings (SSSR count). The molecule has 0 radical (unpaired) electrons. The van der Waals surface area contributed by atoms with E-state index in [1.807, 2.05) is 6.08 Å². The number of rotatable bonds is 4. The number of Topliss-reactive ketones (excluding diaryl/α,β-unsaturated/α-hetero) is 1. The standard InChI is InChI=1S/C15H26O2Si/c1-7-8-12-11-13(9-10-14(12)16)17-18(5,6)15(2,3)4/h7,11,13H,1,8-10H2,2-6H3/t13-/m0/s1. The SMILES string of the molecule is C=CCC1=C[C@@H](O[Si](C)(C)C(C)(C)C)CCC1=O. The largest absolute Gasteiger partial charge is 0.411 e. The number of ketones is 1. The Hall–Kier alpha value is -0.673. The van der Waals surface area contributed by atoms with Crippen molar-refractivity contribution in [2.45, 2.75) is 64.3 Å². The molecule has 0 aromatic heterocycles. The highest BCUT2D eigenvalue weighted by molar-refractivity contribution is 6.74. The maximum atomic E-state index is 11.7. The van der Waals surface area contributed by atoms with Gasteiger partial charge >= 0.3 is 0 Å². The van der Waals surface area contributed by atoms with Crippen molar-refractivity contribution in [3.63, 3.8) is 0 Å². The van der Waals surface area contributed by atoms with Crippen LogP contribution >= 0.6 is 0 Å². The zero-order valence-electron chi connectivity index (χ0n) is 12.4. The van der Waals surface area contributed by atoms with Gasteiger partial charge in [-0.1, -0.05) is 32.9 Å². The highest BCUT2D eigenvalue weighted by Crippen LogP contribution is 2.38. The van der Waals surface area contributed by atoms with Crippen LogP contribution in [0.5, 0.6) is 0 Å². The van der Waals surface area contributed by atoms with E-state index in [1.165, 1.54) is 0 Å². The third kappa shape index (κ3) is 3.66. The van der Waals surface area contributed by atoms with Crippen LogP contribution < -0.4 is 0 Å². The van der Waals surface area contributed by atoms with Crippen molar-refractivity contribution in [1.82, 2.24) is 0 Å². The summed E-state index contributed by atoms with van der Waals surface area (Å²) in [7, 11) is -1.75. The van der Waals surface area contributed by atoms with Crippen molar-refractivity contribution < 1.29 is 9.22 Å². The van der Waals surface area contributed by atoms with Crippen molar-refractivity contribution in [3.05, 3.63) is 24.3 Å². The van der Waals surface area contributed by atoms with Crippen LogP contribution in [0.3, 0.4) is 0 Å². The second kappa shape index (κ2) is 5.53. The minimum Gasteiger partial charge on any atom is -0.411 e. The molecule has 0 spiro atoms. The second-order valence-corrected chi connectivity index (χ2v) is 11.3. The zero-order valence-corrected chi connectivity index (χ0v) is 13.4. The van der Waals surface area contributed by atoms with E-state index < -0.39 is 8.32 Å². The number of allylic oxidation sites excluding steroid dienone is 2. The molecule has 1 aliphatic carbocycles. The molecular formula is C15H26O2Si. The molecule has 0 aromatic carbocycles. The first-order valence-electron chi connectivity index (χ1n) is 6.70. The third-order valence-electron chi connectivity index (χ3n) is 4.02. The lowest BCUT2D eigenvalue weighted by atomic mass is 9.94. The van der Waals surface area contributed by atoms with E-state index in [0.717, 1.165) is 12.0 Å². The van der Waals surface area contributed by atoms with E-state index in [1.54, 1.807) is 6.08 Å². The summed E-state index contributed by atoms with van der Waals surface area (Å²) in [6, 6.07) is 0. The molecule has 0 heterocycles. The average molecular weight is 266 g/mol. The van der Waals surface area contributed by atoms with Gasteiger partial charge in [0.2, 0.25) is 0 Å². The molecule has 102 valence electrons. The van der Waals surface area contributed by atoms with Gasteiger partial charge in [-0.05, 0) is 36.5 Å². The van der Waals surface area contributed by atoms with Crippen molar-refractivity contribution >= 4 is 14.1 Å². The first-order valence-corrected chi connectivity index (χ1v) is 9.61. The highest BCUT2D eigenvalue weighted by atomic mass is 28.4. The number of carbonyl (C=O) groups is 1. The molecule has 0 saturated heterocycles. The van der Waals surface area contributed by atoms with Gasteiger partial charge in [0, 0.05) is 6.42 Å². The molecule has 0 aromatic rings. The molecule has 3 heteroatoms. The molecule has 0 bridgehead atoms. The van der Waals surface area contributed by atoms with Gasteiger partial charge in [-0.3, -0.25) is 4.79 Å². The molecule has 18 heavy (non-hydrogen) atoms. The first-order chi connectivity index (χ1) is 8.17. The van der Waals surface area contributed by atoms with Crippen LogP contribution in [0.15, 0.2) is 24.3 Å². The molecule has 0 saturated carbocycles. The number of hydrogen-bond donors (Lipinski definition) is 0. The fourth-order valence-electron chi connectivity index (χ4n) is 1.82. The Morgan fingerprint density at radius 1 is 1.50 bits per heavy atom. The number of hydrogen-bond acceptors (Lipinski definition) is 2. The van der Waals surface area contributed by atoms with Gasteiger partial charge in [-0.2, -0.15) is 0 Å². The average Bonchev–Trinajstić information content (AvgIpc) is 2.21. The molecule has 1 aliphatic rings. The van der Waals surface area contributed by atoms with Gasteiger partial charge in [0.1, 0.15) is 0 Å². The molecule has 1 atom stereocenters. The summed E-state index contributed by atoms with van der Waals surface area (Å²) in [4.78, 5) is 11.7. The smallest absolute Gasteiger partial charge is 0.192 e. The van der Waals surface area contributed by atoms with Gasteiger partial charge in [-0.15, -0.1) is 6.58 Å². The summed E-state index contributed by atoms with van der Waals surface area (Å²) < 4.78 is 6.34. The summed E-state index contributed by atoms with van der Waals surface area (Å²) in [5, 5.41) is 0.209. The van der Waals surface area contributed by atoms with Crippen LogP contribution in [-0.2, 0) is 9.22 Å². The summed E-state index contributed by atoms with van der Waals surface area (Å²) in [6.45, 7) is 14.9. The van der Waals surface area contributed by atoms with Crippen molar-refractivity contribution in [2.24, 2.45) is 0 Å². The normalized spacial score (nSPS) is 21.7.